The highest BCUT2D eigenvalue weighted by molar-refractivity contribution is 7.09. The van der Waals surface area contributed by atoms with Crippen molar-refractivity contribution in [3.05, 3.63) is 64.3 Å². The second-order valence-corrected chi connectivity index (χ2v) is 7.57. The average Bonchev–Trinajstić information content (AvgIpc) is 3.37. The molecule has 0 aliphatic carbocycles. The molecule has 7 heteroatoms. The Kier molecular flexibility index (Phi) is 4.90. The Morgan fingerprint density at radius 2 is 2.31 bits per heavy atom. The largest absolute Gasteiger partial charge is 0.468 e. The molecule has 0 saturated heterocycles. The number of nitrogens with one attached hydrogen (secondary N) is 1. The highest BCUT2D eigenvalue weighted by Crippen LogP contribution is 2.26. The maximum atomic E-state index is 12.2. The Hall–Kier alpha value is -2.38. The summed E-state index contributed by atoms with van der Waals surface area (Å²) in [6, 6.07) is 8.12. The van der Waals surface area contributed by atoms with E-state index in [0.29, 0.717) is 13.0 Å². The van der Waals surface area contributed by atoms with E-state index in [1.165, 1.54) is 0 Å². The number of amides is 1. The van der Waals surface area contributed by atoms with Crippen molar-refractivity contribution >= 4 is 17.2 Å². The summed E-state index contributed by atoms with van der Waals surface area (Å²) < 4.78 is 7.64. The SMILES string of the molecule is C[C@H]1c2nc(CC(=O)NCc3cccs3)cn2CCN1Cc1ccco1. The van der Waals surface area contributed by atoms with Crippen LogP contribution < -0.4 is 5.32 Å². The minimum absolute atomic E-state index is 0.00828. The average molecular weight is 370 g/mol. The molecule has 0 spiro atoms. The number of hydrogen-bond acceptors (Lipinski definition) is 5. The van der Waals surface area contributed by atoms with Gasteiger partial charge in [-0.3, -0.25) is 9.69 Å². The summed E-state index contributed by atoms with van der Waals surface area (Å²) in [5.74, 6) is 1.99. The first-order valence-electron chi connectivity index (χ1n) is 8.80. The molecule has 0 saturated carbocycles. The highest BCUT2D eigenvalue weighted by Gasteiger charge is 2.27. The van der Waals surface area contributed by atoms with Gasteiger partial charge in [-0.15, -0.1) is 11.3 Å². The fourth-order valence-corrected chi connectivity index (χ4v) is 3.97. The van der Waals surface area contributed by atoms with Gasteiger partial charge in [-0.25, -0.2) is 4.98 Å². The van der Waals surface area contributed by atoms with Crippen molar-refractivity contribution < 1.29 is 9.21 Å². The second-order valence-electron chi connectivity index (χ2n) is 6.54. The Bertz CT molecular complexity index is 854. The fraction of sp³-hybridized carbons (Fsp3) is 0.368. The predicted octanol–water partition coefficient (Wildman–Crippen LogP) is 2.97. The van der Waals surface area contributed by atoms with E-state index in [9.17, 15) is 4.79 Å². The van der Waals surface area contributed by atoms with Gasteiger partial charge in [0.05, 0.1) is 37.5 Å². The van der Waals surface area contributed by atoms with Crippen LogP contribution in [0, 0.1) is 0 Å². The molecule has 136 valence electrons. The van der Waals surface area contributed by atoms with Gasteiger partial charge in [0.2, 0.25) is 5.91 Å². The summed E-state index contributed by atoms with van der Waals surface area (Å²) in [6.45, 7) is 5.33. The third-order valence-corrected chi connectivity index (χ3v) is 5.60. The van der Waals surface area contributed by atoms with Crippen molar-refractivity contribution in [1.29, 1.82) is 0 Å². The van der Waals surface area contributed by atoms with Crippen molar-refractivity contribution in [2.45, 2.75) is 39.0 Å². The number of aromatic nitrogens is 2. The van der Waals surface area contributed by atoms with Gasteiger partial charge in [-0.05, 0) is 30.5 Å². The van der Waals surface area contributed by atoms with Gasteiger partial charge in [-0.2, -0.15) is 0 Å². The number of carbonyl (C=O) groups excluding carboxylic acids is 1. The summed E-state index contributed by atoms with van der Waals surface area (Å²) in [6.07, 6.45) is 4.04. The number of nitrogens with zero attached hydrogens (tertiary/aromatic N) is 3. The summed E-state index contributed by atoms with van der Waals surface area (Å²) in [5, 5.41) is 4.98. The maximum Gasteiger partial charge on any atom is 0.226 e. The molecule has 3 aromatic heterocycles. The summed E-state index contributed by atoms with van der Waals surface area (Å²) >= 11 is 1.65. The van der Waals surface area contributed by atoms with Gasteiger partial charge < -0.3 is 14.3 Å². The minimum Gasteiger partial charge on any atom is -0.468 e. The molecule has 0 radical (unpaired) electrons. The van der Waals surface area contributed by atoms with E-state index in [0.717, 1.165) is 41.8 Å². The molecule has 1 aliphatic rings. The third-order valence-electron chi connectivity index (χ3n) is 4.73. The summed E-state index contributed by atoms with van der Waals surface area (Å²) in [7, 11) is 0. The molecule has 26 heavy (non-hydrogen) atoms. The van der Waals surface area contributed by atoms with Crippen LogP contribution in [0.4, 0.5) is 0 Å². The number of imidazole rings is 1. The number of thiophene rings is 1. The van der Waals surface area contributed by atoms with E-state index in [-0.39, 0.29) is 11.9 Å². The lowest BCUT2D eigenvalue weighted by molar-refractivity contribution is -0.120. The van der Waals surface area contributed by atoms with Gasteiger partial charge in [0.1, 0.15) is 11.6 Å². The smallest absolute Gasteiger partial charge is 0.226 e. The molecule has 6 nitrogen and oxygen atoms in total. The molecule has 3 aromatic rings. The van der Waals surface area contributed by atoms with Crippen LogP contribution in [0.15, 0.2) is 46.5 Å². The van der Waals surface area contributed by atoms with Crippen molar-refractivity contribution in [3.63, 3.8) is 0 Å². The number of carbonyl (C=O) groups is 1. The fourth-order valence-electron chi connectivity index (χ4n) is 3.32. The van der Waals surface area contributed by atoms with Gasteiger partial charge in [0.25, 0.3) is 0 Å². The van der Waals surface area contributed by atoms with Crippen molar-refractivity contribution in [2.24, 2.45) is 0 Å². The van der Waals surface area contributed by atoms with Crippen LogP contribution in [0.3, 0.4) is 0 Å². The molecule has 1 amide bonds. The molecule has 0 aromatic carbocycles. The minimum atomic E-state index is 0.00828. The lowest BCUT2D eigenvalue weighted by Gasteiger charge is -2.32. The number of hydrogen-bond donors (Lipinski definition) is 1. The van der Waals surface area contributed by atoms with Crippen LogP contribution in [0.1, 0.15) is 35.1 Å². The normalized spacial score (nSPS) is 17.2. The van der Waals surface area contributed by atoms with E-state index in [2.05, 4.69) is 21.7 Å². The van der Waals surface area contributed by atoms with Crippen molar-refractivity contribution in [1.82, 2.24) is 19.8 Å². The highest BCUT2D eigenvalue weighted by atomic mass is 32.1. The molecule has 1 atom stereocenters. The van der Waals surface area contributed by atoms with E-state index in [1.807, 2.05) is 35.8 Å². The Morgan fingerprint density at radius 1 is 1.38 bits per heavy atom. The zero-order chi connectivity index (χ0) is 17.9. The Labute approximate surface area is 156 Å². The molecular weight excluding hydrogens is 348 g/mol. The molecule has 1 aliphatic heterocycles. The lowest BCUT2D eigenvalue weighted by atomic mass is 10.2. The summed E-state index contributed by atoms with van der Waals surface area (Å²) in [5.41, 5.74) is 0.829. The molecular formula is C19H22N4O2S. The van der Waals surface area contributed by atoms with E-state index >= 15 is 0 Å². The molecule has 0 fully saturated rings. The molecule has 0 bridgehead atoms. The lowest BCUT2D eigenvalue weighted by Crippen LogP contribution is -2.36. The Morgan fingerprint density at radius 3 is 3.08 bits per heavy atom. The van der Waals surface area contributed by atoms with Crippen LogP contribution in [-0.2, 0) is 30.8 Å². The third kappa shape index (κ3) is 3.73. The first-order valence-corrected chi connectivity index (χ1v) is 9.68. The maximum absolute atomic E-state index is 12.2. The first kappa shape index (κ1) is 17.1. The quantitative estimate of drug-likeness (QED) is 0.725. The van der Waals surface area contributed by atoms with E-state index in [4.69, 9.17) is 9.40 Å². The first-order chi connectivity index (χ1) is 12.7. The second kappa shape index (κ2) is 7.47. The van der Waals surface area contributed by atoms with E-state index in [1.54, 1.807) is 17.6 Å². The molecule has 4 heterocycles. The number of rotatable bonds is 6. The van der Waals surface area contributed by atoms with Crippen molar-refractivity contribution in [3.8, 4) is 0 Å². The molecule has 4 rings (SSSR count). The topological polar surface area (TPSA) is 63.3 Å². The standard InChI is InChI=1S/C19H22N4O2S/c1-14-19-21-15(10-18(24)20-11-17-5-3-9-26-17)12-23(19)7-6-22(14)13-16-4-2-8-25-16/h2-5,8-9,12,14H,6-7,10-11,13H2,1H3,(H,20,24)/t14-/m0/s1. The monoisotopic (exact) mass is 370 g/mol. The molecule has 1 N–H and O–H groups in total. The van der Waals surface area contributed by atoms with E-state index < -0.39 is 0 Å². The van der Waals surface area contributed by atoms with Crippen LogP contribution >= 0.6 is 11.3 Å². The van der Waals surface area contributed by atoms with Gasteiger partial charge in [0, 0.05) is 24.2 Å². The Balaban J connectivity index is 1.38. The van der Waals surface area contributed by atoms with Crippen LogP contribution in [0.5, 0.6) is 0 Å². The number of fused-ring (bicyclic) bond motifs is 1. The van der Waals surface area contributed by atoms with Crippen molar-refractivity contribution in [2.75, 3.05) is 6.54 Å². The van der Waals surface area contributed by atoms with Gasteiger partial charge in [0.15, 0.2) is 0 Å². The van der Waals surface area contributed by atoms with Gasteiger partial charge in [-0.1, -0.05) is 6.07 Å². The zero-order valence-electron chi connectivity index (χ0n) is 14.7. The van der Waals surface area contributed by atoms with Crippen LogP contribution in [-0.4, -0.2) is 26.9 Å². The predicted molar refractivity (Wildman–Crippen MR) is 99.6 cm³/mol. The van der Waals surface area contributed by atoms with Crippen LogP contribution in [0.25, 0.3) is 0 Å². The van der Waals surface area contributed by atoms with Gasteiger partial charge >= 0.3 is 0 Å². The number of furan rings is 1. The summed E-state index contributed by atoms with van der Waals surface area (Å²) in [4.78, 5) is 20.4. The van der Waals surface area contributed by atoms with Crippen LogP contribution in [0.2, 0.25) is 0 Å². The zero-order valence-corrected chi connectivity index (χ0v) is 15.5. The molecule has 0 unspecified atom stereocenters.